The van der Waals surface area contributed by atoms with Crippen LogP contribution >= 0.6 is 0 Å². The van der Waals surface area contributed by atoms with Crippen molar-refractivity contribution in [2.45, 2.75) is 27.7 Å². The van der Waals surface area contributed by atoms with Crippen LogP contribution in [0.25, 0.3) is 11.8 Å². The van der Waals surface area contributed by atoms with E-state index in [1.807, 2.05) is 19.9 Å². The maximum Gasteiger partial charge on any atom is 0.264 e. The lowest BCUT2D eigenvalue weighted by molar-refractivity contribution is -0.130. The highest BCUT2D eigenvalue weighted by atomic mass is 16.5. The minimum absolute atomic E-state index is 0.165. The number of hydrogen-bond donors (Lipinski definition) is 0. The third kappa shape index (κ3) is 3.67. The van der Waals surface area contributed by atoms with Gasteiger partial charge in [-0.1, -0.05) is 12.1 Å². The molecule has 1 aromatic carbocycles. The normalized spacial score (nSPS) is 14.9. The third-order valence-corrected chi connectivity index (χ3v) is 5.24. The molecule has 0 radical (unpaired) electrons. The molecular weight excluding hydrogens is 338 g/mol. The molecular formula is C22H25N3O2. The SMILES string of the molecule is Cc1cccc(-n2c(C)cc(/C=C(\C#N)C(=O)N3CCOCC3)c2C)c1C. The molecule has 1 aromatic heterocycles. The van der Waals surface area contributed by atoms with Gasteiger partial charge in [-0.15, -0.1) is 0 Å². The topological polar surface area (TPSA) is 58.3 Å². The van der Waals surface area contributed by atoms with E-state index < -0.39 is 0 Å². The average Bonchev–Trinajstić information content (AvgIpc) is 2.95. The first-order chi connectivity index (χ1) is 12.9. The standard InChI is InChI=1S/C22H25N3O2/c1-15-6-5-7-21(17(15)3)25-16(2)12-19(18(25)4)13-20(14-23)22(26)24-8-10-27-11-9-24/h5-7,12-13H,8-11H2,1-4H3/b20-13+. The van der Waals surface area contributed by atoms with Crippen molar-refractivity contribution in [2.75, 3.05) is 26.3 Å². The van der Waals surface area contributed by atoms with Crippen molar-refractivity contribution in [3.05, 3.63) is 57.9 Å². The second kappa shape index (κ2) is 7.81. The van der Waals surface area contributed by atoms with Crippen LogP contribution in [-0.4, -0.2) is 41.7 Å². The highest BCUT2D eigenvalue weighted by molar-refractivity contribution is 6.01. The van der Waals surface area contributed by atoms with E-state index in [0.29, 0.717) is 26.3 Å². The fraction of sp³-hybridized carbons (Fsp3) is 0.364. The second-order valence-corrected chi connectivity index (χ2v) is 6.96. The Bertz CT molecular complexity index is 941. The predicted octanol–water partition coefficient (Wildman–Crippen LogP) is 3.48. The Labute approximate surface area is 160 Å². The van der Waals surface area contributed by atoms with Gasteiger partial charge in [0.1, 0.15) is 11.6 Å². The van der Waals surface area contributed by atoms with Gasteiger partial charge in [-0.3, -0.25) is 4.79 Å². The van der Waals surface area contributed by atoms with Gasteiger partial charge in [-0.05, 0) is 62.6 Å². The maximum atomic E-state index is 12.7. The average molecular weight is 363 g/mol. The van der Waals surface area contributed by atoms with Gasteiger partial charge in [0, 0.05) is 30.2 Å². The van der Waals surface area contributed by atoms with Crippen LogP contribution in [0.1, 0.15) is 28.1 Å². The number of hydrogen-bond acceptors (Lipinski definition) is 3. The summed E-state index contributed by atoms with van der Waals surface area (Å²) in [5.74, 6) is -0.225. The molecule has 140 valence electrons. The van der Waals surface area contributed by atoms with Gasteiger partial charge in [0.05, 0.1) is 13.2 Å². The molecule has 1 fully saturated rings. The number of nitriles is 1. The smallest absolute Gasteiger partial charge is 0.264 e. The predicted molar refractivity (Wildman–Crippen MR) is 106 cm³/mol. The lowest BCUT2D eigenvalue weighted by Gasteiger charge is -2.26. The van der Waals surface area contributed by atoms with Crippen LogP contribution in [0.4, 0.5) is 0 Å². The second-order valence-electron chi connectivity index (χ2n) is 6.96. The van der Waals surface area contributed by atoms with E-state index >= 15 is 0 Å². The van der Waals surface area contributed by atoms with Gasteiger partial charge < -0.3 is 14.2 Å². The van der Waals surface area contributed by atoms with Crippen LogP contribution < -0.4 is 0 Å². The number of nitrogens with zero attached hydrogens (tertiary/aromatic N) is 3. The van der Waals surface area contributed by atoms with Gasteiger partial charge in [0.2, 0.25) is 0 Å². The van der Waals surface area contributed by atoms with E-state index in [2.05, 4.69) is 42.7 Å². The van der Waals surface area contributed by atoms with Crippen molar-refractivity contribution in [3.8, 4) is 11.8 Å². The van der Waals surface area contributed by atoms with Crippen molar-refractivity contribution >= 4 is 12.0 Å². The van der Waals surface area contributed by atoms with Gasteiger partial charge in [-0.25, -0.2) is 0 Å². The fourth-order valence-corrected chi connectivity index (χ4v) is 3.52. The summed E-state index contributed by atoms with van der Waals surface area (Å²) in [6.45, 7) is 10.4. The molecule has 5 nitrogen and oxygen atoms in total. The molecule has 1 aliphatic rings. The molecule has 0 bridgehead atoms. The van der Waals surface area contributed by atoms with Crippen molar-refractivity contribution in [1.29, 1.82) is 5.26 Å². The molecule has 2 aromatic rings. The summed E-state index contributed by atoms with van der Waals surface area (Å²) >= 11 is 0. The molecule has 0 saturated carbocycles. The minimum Gasteiger partial charge on any atom is -0.378 e. The summed E-state index contributed by atoms with van der Waals surface area (Å²) in [7, 11) is 0. The van der Waals surface area contributed by atoms with Gasteiger partial charge >= 0.3 is 0 Å². The van der Waals surface area contributed by atoms with Crippen LogP contribution in [0.2, 0.25) is 0 Å². The van der Waals surface area contributed by atoms with Gasteiger partial charge in [-0.2, -0.15) is 5.26 Å². The van der Waals surface area contributed by atoms with Crippen LogP contribution in [0.5, 0.6) is 0 Å². The number of rotatable bonds is 3. The molecule has 0 unspecified atom stereocenters. The fourth-order valence-electron chi connectivity index (χ4n) is 3.52. The number of aryl methyl sites for hydroxylation is 2. The molecule has 1 aliphatic heterocycles. The lowest BCUT2D eigenvalue weighted by Crippen LogP contribution is -2.41. The minimum atomic E-state index is -0.225. The number of carbonyl (C=O) groups is 1. The van der Waals surface area contributed by atoms with Crippen molar-refractivity contribution in [3.63, 3.8) is 0 Å². The Balaban J connectivity index is 2.00. The highest BCUT2D eigenvalue weighted by Crippen LogP contribution is 2.26. The van der Waals surface area contributed by atoms with E-state index in [0.717, 1.165) is 22.6 Å². The summed E-state index contributed by atoms with van der Waals surface area (Å²) in [6.07, 6.45) is 1.71. The first kappa shape index (κ1) is 18.9. The number of benzene rings is 1. The van der Waals surface area contributed by atoms with E-state index in [-0.39, 0.29) is 11.5 Å². The number of aromatic nitrogens is 1. The van der Waals surface area contributed by atoms with E-state index in [9.17, 15) is 10.1 Å². The molecule has 0 aliphatic carbocycles. The van der Waals surface area contributed by atoms with Crippen molar-refractivity contribution in [2.24, 2.45) is 0 Å². The van der Waals surface area contributed by atoms with E-state index in [1.165, 1.54) is 11.1 Å². The maximum absolute atomic E-state index is 12.7. The molecule has 2 heterocycles. The van der Waals surface area contributed by atoms with Gasteiger partial charge in [0.25, 0.3) is 5.91 Å². The van der Waals surface area contributed by atoms with Gasteiger partial charge in [0.15, 0.2) is 0 Å². The summed E-state index contributed by atoms with van der Waals surface area (Å²) in [5.41, 5.74) is 6.73. The molecule has 27 heavy (non-hydrogen) atoms. The first-order valence-corrected chi connectivity index (χ1v) is 9.18. The van der Waals surface area contributed by atoms with E-state index in [4.69, 9.17) is 4.74 Å². The lowest BCUT2D eigenvalue weighted by atomic mass is 10.1. The molecule has 1 saturated heterocycles. The molecule has 1 amide bonds. The zero-order valence-electron chi connectivity index (χ0n) is 16.4. The zero-order valence-corrected chi connectivity index (χ0v) is 16.4. The number of carbonyl (C=O) groups excluding carboxylic acids is 1. The van der Waals surface area contributed by atoms with E-state index in [1.54, 1.807) is 11.0 Å². The Hall–Kier alpha value is -2.84. The molecule has 0 spiro atoms. The molecule has 0 atom stereocenters. The van der Waals surface area contributed by atoms with Crippen LogP contribution in [0.3, 0.4) is 0 Å². The largest absolute Gasteiger partial charge is 0.378 e. The molecule has 5 heteroatoms. The quantitative estimate of drug-likeness (QED) is 0.620. The summed E-state index contributed by atoms with van der Waals surface area (Å²) in [6, 6.07) is 10.4. The van der Waals surface area contributed by atoms with Crippen molar-refractivity contribution in [1.82, 2.24) is 9.47 Å². The number of ether oxygens (including phenoxy) is 1. The number of morpholine rings is 1. The molecule has 3 rings (SSSR count). The zero-order chi connectivity index (χ0) is 19.6. The summed E-state index contributed by atoms with van der Waals surface area (Å²) in [5, 5.41) is 9.55. The Morgan fingerprint density at radius 3 is 2.56 bits per heavy atom. The highest BCUT2D eigenvalue weighted by Gasteiger charge is 2.21. The Morgan fingerprint density at radius 2 is 1.89 bits per heavy atom. The third-order valence-electron chi connectivity index (χ3n) is 5.24. The van der Waals surface area contributed by atoms with Crippen LogP contribution in [0.15, 0.2) is 29.8 Å². The first-order valence-electron chi connectivity index (χ1n) is 9.18. The van der Waals surface area contributed by atoms with Crippen LogP contribution in [-0.2, 0) is 9.53 Å². The summed E-state index contributed by atoms with van der Waals surface area (Å²) in [4.78, 5) is 14.4. The summed E-state index contributed by atoms with van der Waals surface area (Å²) < 4.78 is 7.47. The Kier molecular flexibility index (Phi) is 5.48. The van der Waals surface area contributed by atoms with Crippen molar-refractivity contribution < 1.29 is 9.53 Å². The Morgan fingerprint density at radius 1 is 1.19 bits per heavy atom. The van der Waals surface area contributed by atoms with Crippen LogP contribution in [0, 0.1) is 39.0 Å². The monoisotopic (exact) mass is 363 g/mol. The molecule has 0 N–H and O–H groups in total. The number of amides is 1.